The molecule has 1 aromatic heterocycles. The molecule has 0 aliphatic heterocycles. The van der Waals surface area contributed by atoms with Gasteiger partial charge in [0.05, 0.1) is 0 Å². The van der Waals surface area contributed by atoms with Crippen LogP contribution in [0.15, 0.2) is 59.4 Å². The molecule has 0 aliphatic rings. The van der Waals surface area contributed by atoms with E-state index >= 15 is 0 Å². The third-order valence-corrected chi connectivity index (χ3v) is 4.65. The van der Waals surface area contributed by atoms with E-state index in [-0.39, 0.29) is 31.0 Å². The van der Waals surface area contributed by atoms with Crippen LogP contribution in [0.5, 0.6) is 0 Å². The average molecular weight is 420 g/mol. The van der Waals surface area contributed by atoms with E-state index in [9.17, 15) is 19.5 Å². The van der Waals surface area contributed by atoms with Crippen LogP contribution in [0.3, 0.4) is 0 Å². The highest BCUT2D eigenvalue weighted by molar-refractivity contribution is 5.92. The van der Waals surface area contributed by atoms with Gasteiger partial charge in [0.25, 0.3) is 5.56 Å². The predicted molar refractivity (Wildman–Crippen MR) is 119 cm³/mol. The monoisotopic (exact) mass is 420 g/mol. The Morgan fingerprint density at radius 2 is 1.61 bits per heavy atom. The molecule has 3 aromatic rings. The first-order valence-corrected chi connectivity index (χ1v) is 9.83. The summed E-state index contributed by atoms with van der Waals surface area (Å²) < 4.78 is 1.33. The summed E-state index contributed by atoms with van der Waals surface area (Å²) in [5.41, 5.74) is 2.42. The number of carbonyl (C=O) groups is 2. The van der Waals surface area contributed by atoms with Gasteiger partial charge in [-0.3, -0.25) is 19.0 Å². The van der Waals surface area contributed by atoms with Crippen LogP contribution < -0.4 is 16.2 Å². The highest BCUT2D eigenvalue weighted by Gasteiger charge is 2.17. The fourth-order valence-corrected chi connectivity index (χ4v) is 3.24. The first-order chi connectivity index (χ1) is 14.9. The minimum atomic E-state index is -0.396. The molecule has 8 nitrogen and oxygen atoms in total. The normalized spacial score (nSPS) is 10.5. The van der Waals surface area contributed by atoms with E-state index in [4.69, 9.17) is 0 Å². The first kappa shape index (κ1) is 21.9. The van der Waals surface area contributed by atoms with Crippen LogP contribution >= 0.6 is 0 Å². The molecule has 2 aromatic carbocycles. The maximum atomic E-state index is 13.1. The lowest BCUT2D eigenvalue weighted by atomic mass is 10.1. The van der Waals surface area contributed by atoms with Crippen LogP contribution in [0.2, 0.25) is 0 Å². The summed E-state index contributed by atoms with van der Waals surface area (Å²) in [4.78, 5) is 41.5. The Balaban J connectivity index is 1.90. The third-order valence-electron chi connectivity index (χ3n) is 4.65. The quantitative estimate of drug-likeness (QED) is 0.543. The molecule has 3 rings (SSSR count). The molecule has 8 heteroatoms. The van der Waals surface area contributed by atoms with Crippen LogP contribution in [0.4, 0.5) is 11.4 Å². The predicted octanol–water partition coefficient (Wildman–Crippen LogP) is 2.35. The maximum absolute atomic E-state index is 13.1. The molecular formula is C23H24N4O4. The van der Waals surface area contributed by atoms with Gasteiger partial charge in [-0.2, -0.15) is 0 Å². The molecule has 1 heterocycles. The number of aliphatic hydroxyl groups excluding tert-OH is 1. The number of rotatable bonds is 7. The highest BCUT2D eigenvalue weighted by atomic mass is 16.3. The van der Waals surface area contributed by atoms with Crippen molar-refractivity contribution in [3.63, 3.8) is 0 Å². The fourth-order valence-electron chi connectivity index (χ4n) is 3.24. The molecule has 0 radical (unpaired) electrons. The lowest BCUT2D eigenvalue weighted by Gasteiger charge is -2.16. The Morgan fingerprint density at radius 3 is 2.19 bits per heavy atom. The van der Waals surface area contributed by atoms with Gasteiger partial charge in [-0.05, 0) is 31.2 Å². The molecule has 0 saturated carbocycles. The van der Waals surface area contributed by atoms with Crippen LogP contribution in [-0.4, -0.2) is 33.1 Å². The smallest absolute Gasteiger partial charge is 0.257 e. The molecule has 3 N–H and O–H groups in total. The number of nitrogens with one attached hydrogen (secondary N) is 2. The third kappa shape index (κ3) is 5.43. The SMILES string of the molecule is CC(=O)Nc1ccc(NC(=O)Cn2c(-c3ccccc3)nc(C)c(CCO)c2=O)cc1. The molecule has 0 fully saturated rings. The van der Waals surface area contributed by atoms with Crippen LogP contribution in [0, 0.1) is 6.92 Å². The van der Waals surface area contributed by atoms with E-state index < -0.39 is 5.91 Å². The van der Waals surface area contributed by atoms with Crippen LogP contribution in [0.25, 0.3) is 11.4 Å². The van der Waals surface area contributed by atoms with Gasteiger partial charge in [-0.1, -0.05) is 30.3 Å². The zero-order valence-corrected chi connectivity index (χ0v) is 17.4. The summed E-state index contributed by atoms with van der Waals surface area (Å²) in [6, 6.07) is 15.8. The van der Waals surface area contributed by atoms with Gasteiger partial charge in [0.15, 0.2) is 0 Å². The summed E-state index contributed by atoms with van der Waals surface area (Å²) in [6.45, 7) is 2.72. The minimum Gasteiger partial charge on any atom is -0.396 e. The van der Waals surface area contributed by atoms with Crippen LogP contribution in [0.1, 0.15) is 18.2 Å². The van der Waals surface area contributed by atoms with Gasteiger partial charge in [0.2, 0.25) is 11.8 Å². The van der Waals surface area contributed by atoms with E-state index in [1.807, 2.05) is 30.3 Å². The van der Waals surface area contributed by atoms with E-state index in [0.717, 1.165) is 0 Å². The number of aryl methyl sites for hydroxylation is 1. The molecule has 2 amide bonds. The van der Waals surface area contributed by atoms with Gasteiger partial charge in [-0.15, -0.1) is 0 Å². The van der Waals surface area contributed by atoms with Crippen molar-refractivity contribution in [2.45, 2.75) is 26.8 Å². The zero-order valence-electron chi connectivity index (χ0n) is 17.4. The number of aliphatic hydroxyl groups is 1. The first-order valence-electron chi connectivity index (χ1n) is 9.83. The fraction of sp³-hybridized carbons (Fsp3) is 0.217. The number of aromatic nitrogens is 2. The number of carbonyl (C=O) groups excluding carboxylic acids is 2. The molecule has 0 bridgehead atoms. The number of anilines is 2. The van der Waals surface area contributed by atoms with E-state index in [2.05, 4.69) is 15.6 Å². The second kappa shape index (κ2) is 9.82. The average Bonchev–Trinajstić information content (AvgIpc) is 2.74. The molecule has 0 saturated heterocycles. The molecule has 0 aliphatic carbocycles. The van der Waals surface area contributed by atoms with Crippen molar-refractivity contribution in [2.75, 3.05) is 17.2 Å². The second-order valence-electron chi connectivity index (χ2n) is 7.04. The largest absolute Gasteiger partial charge is 0.396 e. The summed E-state index contributed by atoms with van der Waals surface area (Å²) in [6.07, 6.45) is 0.166. The van der Waals surface area contributed by atoms with Crippen LogP contribution in [-0.2, 0) is 22.6 Å². The van der Waals surface area contributed by atoms with Crippen molar-refractivity contribution in [2.24, 2.45) is 0 Å². The molecule has 0 unspecified atom stereocenters. The lowest BCUT2D eigenvalue weighted by molar-refractivity contribution is -0.117. The van der Waals surface area contributed by atoms with Crippen molar-refractivity contribution in [1.29, 1.82) is 0 Å². The molecule has 31 heavy (non-hydrogen) atoms. The van der Waals surface area contributed by atoms with E-state index in [0.29, 0.717) is 34.0 Å². The second-order valence-corrected chi connectivity index (χ2v) is 7.04. The number of nitrogens with zero attached hydrogens (tertiary/aromatic N) is 2. The molecule has 0 spiro atoms. The van der Waals surface area contributed by atoms with Crippen molar-refractivity contribution in [3.8, 4) is 11.4 Å². The Kier molecular flexibility index (Phi) is 6.94. The number of hydrogen-bond donors (Lipinski definition) is 3. The Morgan fingerprint density at radius 1 is 1.00 bits per heavy atom. The summed E-state index contributed by atoms with van der Waals surface area (Å²) in [5, 5.41) is 14.7. The number of hydrogen-bond acceptors (Lipinski definition) is 5. The molecular weight excluding hydrogens is 396 g/mol. The topological polar surface area (TPSA) is 113 Å². The summed E-state index contributed by atoms with van der Waals surface area (Å²) in [7, 11) is 0. The lowest BCUT2D eigenvalue weighted by Crippen LogP contribution is -2.33. The van der Waals surface area contributed by atoms with Crippen molar-refractivity contribution >= 4 is 23.2 Å². The van der Waals surface area contributed by atoms with Crippen molar-refractivity contribution in [3.05, 3.63) is 76.2 Å². The van der Waals surface area contributed by atoms with Gasteiger partial charge in [-0.25, -0.2) is 4.98 Å². The van der Waals surface area contributed by atoms with Gasteiger partial charge in [0.1, 0.15) is 12.4 Å². The zero-order chi connectivity index (χ0) is 22.4. The van der Waals surface area contributed by atoms with Crippen molar-refractivity contribution in [1.82, 2.24) is 9.55 Å². The molecule has 160 valence electrons. The Bertz CT molecular complexity index is 1140. The highest BCUT2D eigenvalue weighted by Crippen LogP contribution is 2.18. The number of benzene rings is 2. The standard InChI is InChI=1S/C23H24N4O4/c1-15-20(12-13-28)23(31)27(22(24-15)17-6-4-3-5-7-17)14-21(30)26-19-10-8-18(9-11-19)25-16(2)29/h3-11,28H,12-14H2,1-2H3,(H,25,29)(H,26,30). The Labute approximate surface area is 179 Å². The van der Waals surface area contributed by atoms with Gasteiger partial charge < -0.3 is 15.7 Å². The van der Waals surface area contributed by atoms with Gasteiger partial charge in [0, 0.05) is 48.1 Å². The molecule has 0 atom stereocenters. The van der Waals surface area contributed by atoms with E-state index in [1.165, 1.54) is 11.5 Å². The van der Waals surface area contributed by atoms with E-state index in [1.54, 1.807) is 31.2 Å². The summed E-state index contributed by atoms with van der Waals surface area (Å²) in [5.74, 6) is -0.191. The minimum absolute atomic E-state index is 0.166. The number of amides is 2. The van der Waals surface area contributed by atoms with Crippen molar-refractivity contribution < 1.29 is 14.7 Å². The summed E-state index contributed by atoms with van der Waals surface area (Å²) >= 11 is 0. The maximum Gasteiger partial charge on any atom is 0.257 e. The van der Waals surface area contributed by atoms with Gasteiger partial charge >= 0.3 is 0 Å². The Hall–Kier alpha value is -3.78.